The minimum Gasteiger partial charge on any atom is -0.462 e. The molecule has 0 heterocycles. The molecule has 0 bridgehead atoms. The number of phosphoric acid groups is 2. The molecule has 6 atom stereocenters. The molecule has 0 saturated heterocycles. The number of aliphatic hydroxyl groups is 1. The molecule has 0 amide bonds. The highest BCUT2D eigenvalue weighted by molar-refractivity contribution is 7.47. The minimum atomic E-state index is -4.97. The zero-order valence-electron chi connectivity index (χ0n) is 72.0. The van der Waals surface area contributed by atoms with Crippen LogP contribution in [0.2, 0.25) is 0 Å². The fraction of sp³-hybridized carbons (Fsp3) is 0.956. The zero-order chi connectivity index (χ0) is 80.0. The number of esters is 4. The number of ether oxygens (including phenoxy) is 4. The molecule has 3 unspecified atom stereocenters. The van der Waals surface area contributed by atoms with Gasteiger partial charge in [-0.1, -0.05) is 427 Å². The Morgan fingerprint density at radius 2 is 0.468 bits per heavy atom. The first-order valence-corrected chi connectivity index (χ1v) is 49.4. The van der Waals surface area contributed by atoms with Crippen LogP contribution >= 0.6 is 15.6 Å². The van der Waals surface area contributed by atoms with Crippen molar-refractivity contribution < 1.29 is 80.2 Å². The van der Waals surface area contributed by atoms with Gasteiger partial charge in [0.2, 0.25) is 0 Å². The van der Waals surface area contributed by atoms with Crippen LogP contribution in [-0.4, -0.2) is 96.7 Å². The molecule has 0 spiro atoms. The second-order valence-electron chi connectivity index (χ2n) is 33.5. The lowest BCUT2D eigenvalue weighted by molar-refractivity contribution is -0.161. The molecule has 0 fully saturated rings. The Kier molecular flexibility index (Phi) is 78.5. The third-order valence-electron chi connectivity index (χ3n) is 21.5. The van der Waals surface area contributed by atoms with E-state index in [-0.39, 0.29) is 25.7 Å². The van der Waals surface area contributed by atoms with Gasteiger partial charge in [0.25, 0.3) is 0 Å². The first-order valence-electron chi connectivity index (χ1n) is 46.4. The fourth-order valence-electron chi connectivity index (χ4n) is 14.0. The van der Waals surface area contributed by atoms with Crippen molar-refractivity contribution in [2.24, 2.45) is 17.8 Å². The average Bonchev–Trinajstić information content (AvgIpc) is 0.895. The Labute approximate surface area is 670 Å². The van der Waals surface area contributed by atoms with Gasteiger partial charge >= 0.3 is 39.5 Å². The van der Waals surface area contributed by atoms with Crippen molar-refractivity contribution in [3.05, 3.63) is 0 Å². The largest absolute Gasteiger partial charge is 0.472 e. The second-order valence-corrected chi connectivity index (χ2v) is 36.4. The minimum absolute atomic E-state index is 0.108. The predicted molar refractivity (Wildman–Crippen MR) is 451 cm³/mol. The van der Waals surface area contributed by atoms with E-state index in [2.05, 4.69) is 48.5 Å². The maximum Gasteiger partial charge on any atom is 0.472 e. The number of aliphatic hydroxyl groups excluding tert-OH is 1. The van der Waals surface area contributed by atoms with E-state index < -0.39 is 97.5 Å². The molecule has 648 valence electrons. The third kappa shape index (κ3) is 82.4. The SMILES string of the molecule is CCCCCCCCCCCCC(=O)OC[C@H](COP(=O)(O)OC[C@H](O)COP(=O)(O)OC[C@@H](COC(=O)CCCCCCCCCCCCCCCCCCCCC(C)C)OC(=O)CCCCCCCCCCCCCCCCCCCCC(C)CC)OC(=O)CCCCCCCCCCCCCCCC(C)C. The van der Waals surface area contributed by atoms with Crippen molar-refractivity contribution in [1.29, 1.82) is 0 Å². The van der Waals surface area contributed by atoms with E-state index in [0.29, 0.717) is 25.7 Å². The van der Waals surface area contributed by atoms with Gasteiger partial charge in [0, 0.05) is 25.7 Å². The summed E-state index contributed by atoms with van der Waals surface area (Å²) >= 11 is 0. The molecule has 19 heteroatoms. The molecular weight excluding hydrogens is 1410 g/mol. The van der Waals surface area contributed by atoms with E-state index >= 15 is 0 Å². The topological polar surface area (TPSA) is 237 Å². The van der Waals surface area contributed by atoms with Crippen LogP contribution in [0.5, 0.6) is 0 Å². The Bertz CT molecular complexity index is 2100. The first kappa shape index (κ1) is 107. The van der Waals surface area contributed by atoms with Crippen molar-refractivity contribution in [3.8, 4) is 0 Å². The van der Waals surface area contributed by atoms with Crippen LogP contribution in [0.4, 0.5) is 0 Å². The summed E-state index contributed by atoms with van der Waals surface area (Å²) in [4.78, 5) is 73.3. The Morgan fingerprint density at radius 1 is 0.266 bits per heavy atom. The molecule has 0 aromatic heterocycles. The number of rotatable bonds is 88. The number of hydrogen-bond acceptors (Lipinski definition) is 15. The first-order chi connectivity index (χ1) is 52.8. The van der Waals surface area contributed by atoms with Crippen molar-refractivity contribution in [2.45, 2.75) is 497 Å². The summed E-state index contributed by atoms with van der Waals surface area (Å²) in [7, 11) is -9.93. The molecule has 0 aliphatic heterocycles. The summed E-state index contributed by atoms with van der Waals surface area (Å²) in [5.41, 5.74) is 0. The van der Waals surface area contributed by atoms with Crippen molar-refractivity contribution >= 4 is 39.5 Å². The molecule has 0 aliphatic carbocycles. The van der Waals surface area contributed by atoms with Crippen LogP contribution in [0, 0.1) is 17.8 Å². The number of phosphoric ester groups is 2. The highest BCUT2D eigenvalue weighted by Gasteiger charge is 2.31. The van der Waals surface area contributed by atoms with Crippen LogP contribution in [0.25, 0.3) is 0 Å². The maximum atomic E-state index is 13.2. The lowest BCUT2D eigenvalue weighted by Gasteiger charge is -2.21. The predicted octanol–water partition coefficient (Wildman–Crippen LogP) is 27.6. The normalized spacial score (nSPS) is 14.1. The van der Waals surface area contributed by atoms with Gasteiger partial charge in [-0.05, 0) is 43.4 Å². The molecule has 0 aromatic rings. The molecular formula is C90H176O17P2. The van der Waals surface area contributed by atoms with E-state index in [1.54, 1.807) is 0 Å². The quantitative estimate of drug-likeness (QED) is 0.0222. The number of hydrogen-bond donors (Lipinski definition) is 3. The van der Waals surface area contributed by atoms with E-state index in [9.17, 15) is 43.2 Å². The van der Waals surface area contributed by atoms with E-state index in [1.165, 1.54) is 289 Å². The summed E-state index contributed by atoms with van der Waals surface area (Å²) in [6.45, 7) is 12.1. The fourth-order valence-corrected chi connectivity index (χ4v) is 15.6. The molecule has 3 N–H and O–H groups in total. The van der Waals surface area contributed by atoms with Gasteiger partial charge in [0.05, 0.1) is 26.4 Å². The van der Waals surface area contributed by atoms with Gasteiger partial charge in [-0.2, -0.15) is 0 Å². The van der Waals surface area contributed by atoms with Crippen molar-refractivity contribution in [3.63, 3.8) is 0 Å². The summed E-state index contributed by atoms with van der Waals surface area (Å²) < 4.78 is 69.0. The second kappa shape index (κ2) is 79.9. The van der Waals surface area contributed by atoms with Crippen LogP contribution in [-0.2, 0) is 65.4 Å². The van der Waals surface area contributed by atoms with E-state index in [0.717, 1.165) is 108 Å². The molecule has 17 nitrogen and oxygen atoms in total. The highest BCUT2D eigenvalue weighted by atomic mass is 31.2. The third-order valence-corrected chi connectivity index (χ3v) is 23.4. The number of carbonyl (C=O) groups excluding carboxylic acids is 4. The molecule has 0 aliphatic rings. The standard InChI is InChI=1S/C90H176O17P2/c1-8-10-11-12-13-14-43-50-57-64-71-87(92)100-77-85(106-90(95)74-67-60-53-46-39-33-27-29-35-41-48-55-62-69-82(5)6)79-104-108(96,97)102-75-84(91)76-103-109(98,99)105-80-86(78-101-88(93)72-65-58-51-44-37-31-25-21-17-15-19-23-28-34-40-47-54-61-68-81(3)4)107-89(94)73-66-59-52-45-38-32-26-22-18-16-20-24-30-36-42-49-56-63-70-83(7)9-2/h81-86,91H,8-80H2,1-7H3,(H,96,97)(H,98,99)/t83?,84-,85+,86+/m0/s1. The van der Waals surface area contributed by atoms with Crippen LogP contribution < -0.4 is 0 Å². The van der Waals surface area contributed by atoms with Gasteiger partial charge < -0.3 is 33.8 Å². The van der Waals surface area contributed by atoms with Crippen LogP contribution in [0.15, 0.2) is 0 Å². The van der Waals surface area contributed by atoms with Gasteiger partial charge in [-0.3, -0.25) is 37.3 Å². The summed E-state index contributed by atoms with van der Waals surface area (Å²) in [6.07, 6.45) is 72.2. The van der Waals surface area contributed by atoms with E-state index in [4.69, 9.17) is 37.0 Å². The lowest BCUT2D eigenvalue weighted by Crippen LogP contribution is -2.30. The van der Waals surface area contributed by atoms with Crippen LogP contribution in [0.3, 0.4) is 0 Å². The molecule has 0 radical (unpaired) electrons. The Balaban J connectivity index is 5.22. The molecule has 0 saturated carbocycles. The van der Waals surface area contributed by atoms with Gasteiger partial charge in [-0.25, -0.2) is 9.13 Å². The molecule has 0 rings (SSSR count). The molecule has 0 aromatic carbocycles. The Hall–Kier alpha value is -1.94. The highest BCUT2D eigenvalue weighted by Crippen LogP contribution is 2.45. The van der Waals surface area contributed by atoms with Crippen LogP contribution in [0.1, 0.15) is 479 Å². The number of carbonyl (C=O) groups is 4. The van der Waals surface area contributed by atoms with E-state index in [1.807, 2.05) is 0 Å². The maximum absolute atomic E-state index is 13.2. The summed E-state index contributed by atoms with van der Waals surface area (Å²) in [6, 6.07) is 0. The van der Waals surface area contributed by atoms with Gasteiger partial charge in [-0.15, -0.1) is 0 Å². The monoisotopic (exact) mass is 1590 g/mol. The summed E-state index contributed by atoms with van der Waals surface area (Å²) in [5.74, 6) is 0.381. The number of unbranched alkanes of at least 4 members (excludes halogenated alkanes) is 55. The smallest absolute Gasteiger partial charge is 0.462 e. The van der Waals surface area contributed by atoms with Gasteiger partial charge in [0.1, 0.15) is 19.3 Å². The van der Waals surface area contributed by atoms with Crippen molar-refractivity contribution in [1.82, 2.24) is 0 Å². The van der Waals surface area contributed by atoms with Crippen molar-refractivity contribution in [2.75, 3.05) is 39.6 Å². The summed E-state index contributed by atoms with van der Waals surface area (Å²) in [5, 5.41) is 10.7. The average molecular weight is 1590 g/mol. The van der Waals surface area contributed by atoms with Gasteiger partial charge in [0.15, 0.2) is 12.2 Å². The lowest BCUT2D eigenvalue weighted by atomic mass is 9.99. The molecule has 109 heavy (non-hydrogen) atoms. The Morgan fingerprint density at radius 3 is 0.697 bits per heavy atom. The zero-order valence-corrected chi connectivity index (χ0v) is 73.8.